The van der Waals surface area contributed by atoms with Crippen LogP contribution in [0.2, 0.25) is 0 Å². The zero-order valence-electron chi connectivity index (χ0n) is 10.2. The standard InChI is InChI=1S/C13H17NO3/c1-3-4-5-13(15)14(2)10-6-7-11-12(8-10)17-9-16-11/h6-8H,3-5,9H2,1-2H3. The molecule has 1 aromatic carbocycles. The van der Waals surface area contributed by atoms with Crippen molar-refractivity contribution in [3.63, 3.8) is 0 Å². The van der Waals surface area contributed by atoms with Gasteiger partial charge in [0, 0.05) is 25.2 Å². The van der Waals surface area contributed by atoms with Crippen molar-refractivity contribution in [1.29, 1.82) is 0 Å². The summed E-state index contributed by atoms with van der Waals surface area (Å²) >= 11 is 0. The summed E-state index contributed by atoms with van der Waals surface area (Å²) in [5, 5.41) is 0. The average Bonchev–Trinajstić information content (AvgIpc) is 2.81. The van der Waals surface area contributed by atoms with Crippen molar-refractivity contribution >= 4 is 11.6 Å². The number of ether oxygens (including phenoxy) is 2. The first-order valence-corrected chi connectivity index (χ1v) is 5.88. The minimum absolute atomic E-state index is 0.130. The van der Waals surface area contributed by atoms with Gasteiger partial charge in [-0.25, -0.2) is 0 Å². The zero-order valence-corrected chi connectivity index (χ0v) is 10.2. The van der Waals surface area contributed by atoms with Crippen LogP contribution in [0.15, 0.2) is 18.2 Å². The lowest BCUT2D eigenvalue weighted by Crippen LogP contribution is -2.25. The average molecular weight is 235 g/mol. The monoisotopic (exact) mass is 235 g/mol. The highest BCUT2D eigenvalue weighted by atomic mass is 16.7. The molecule has 1 heterocycles. The Morgan fingerprint density at radius 2 is 2.12 bits per heavy atom. The molecule has 0 N–H and O–H groups in total. The number of hydrogen-bond donors (Lipinski definition) is 0. The number of nitrogens with zero attached hydrogens (tertiary/aromatic N) is 1. The van der Waals surface area contributed by atoms with Gasteiger partial charge in [-0.1, -0.05) is 13.3 Å². The molecule has 1 aromatic rings. The first-order chi connectivity index (χ1) is 8.22. The number of hydrogen-bond acceptors (Lipinski definition) is 3. The summed E-state index contributed by atoms with van der Waals surface area (Å²) in [6.07, 6.45) is 2.54. The minimum atomic E-state index is 0.130. The summed E-state index contributed by atoms with van der Waals surface area (Å²) < 4.78 is 10.5. The molecule has 0 bridgehead atoms. The molecule has 17 heavy (non-hydrogen) atoms. The summed E-state index contributed by atoms with van der Waals surface area (Å²) in [7, 11) is 1.79. The number of unbranched alkanes of at least 4 members (excludes halogenated alkanes) is 1. The van der Waals surface area contributed by atoms with Crippen LogP contribution in [0.25, 0.3) is 0 Å². The molecule has 1 aliphatic heterocycles. The van der Waals surface area contributed by atoms with Gasteiger partial charge in [0.2, 0.25) is 12.7 Å². The topological polar surface area (TPSA) is 38.8 Å². The van der Waals surface area contributed by atoms with Crippen molar-refractivity contribution in [3.8, 4) is 11.5 Å². The molecule has 0 aliphatic carbocycles. The van der Waals surface area contributed by atoms with Crippen molar-refractivity contribution in [3.05, 3.63) is 18.2 Å². The third-order valence-corrected chi connectivity index (χ3v) is 2.86. The molecule has 0 spiro atoms. The highest BCUT2D eigenvalue weighted by molar-refractivity contribution is 5.93. The fourth-order valence-electron chi connectivity index (χ4n) is 1.73. The number of carbonyl (C=O) groups is 1. The quantitative estimate of drug-likeness (QED) is 0.805. The van der Waals surface area contributed by atoms with Gasteiger partial charge in [0.1, 0.15) is 0 Å². The van der Waals surface area contributed by atoms with E-state index in [1.807, 2.05) is 18.2 Å². The number of carbonyl (C=O) groups excluding carboxylic acids is 1. The van der Waals surface area contributed by atoms with Crippen molar-refractivity contribution in [1.82, 2.24) is 0 Å². The fraction of sp³-hybridized carbons (Fsp3) is 0.462. The molecular formula is C13H17NO3. The van der Waals surface area contributed by atoms with Crippen LogP contribution in [0.3, 0.4) is 0 Å². The minimum Gasteiger partial charge on any atom is -0.454 e. The Kier molecular flexibility index (Phi) is 3.52. The van der Waals surface area contributed by atoms with Crippen molar-refractivity contribution < 1.29 is 14.3 Å². The molecule has 92 valence electrons. The molecule has 0 aromatic heterocycles. The van der Waals surface area contributed by atoms with Crippen molar-refractivity contribution in [2.24, 2.45) is 0 Å². The van der Waals surface area contributed by atoms with Crippen molar-refractivity contribution in [2.45, 2.75) is 26.2 Å². The molecule has 0 atom stereocenters. The smallest absolute Gasteiger partial charge is 0.231 e. The Hall–Kier alpha value is -1.71. The van der Waals surface area contributed by atoms with Gasteiger partial charge in [-0.05, 0) is 18.6 Å². The Balaban J connectivity index is 2.09. The van der Waals surface area contributed by atoms with Crippen LogP contribution in [0.1, 0.15) is 26.2 Å². The Morgan fingerprint density at radius 3 is 2.88 bits per heavy atom. The van der Waals surface area contributed by atoms with Gasteiger partial charge < -0.3 is 14.4 Å². The lowest BCUT2D eigenvalue weighted by Gasteiger charge is -2.17. The summed E-state index contributed by atoms with van der Waals surface area (Å²) in [6, 6.07) is 5.55. The Bertz CT molecular complexity index is 417. The van der Waals surface area contributed by atoms with E-state index in [1.165, 1.54) is 0 Å². The molecular weight excluding hydrogens is 218 g/mol. The fourth-order valence-corrected chi connectivity index (χ4v) is 1.73. The van der Waals surface area contributed by atoms with Crippen LogP contribution in [0.4, 0.5) is 5.69 Å². The molecule has 2 rings (SSSR count). The van der Waals surface area contributed by atoms with E-state index in [0.717, 1.165) is 24.3 Å². The number of benzene rings is 1. The second kappa shape index (κ2) is 5.08. The van der Waals surface area contributed by atoms with E-state index in [0.29, 0.717) is 12.2 Å². The summed E-state index contributed by atoms with van der Waals surface area (Å²) in [4.78, 5) is 13.5. The molecule has 0 saturated carbocycles. The normalized spacial score (nSPS) is 12.6. The number of amides is 1. The van der Waals surface area contributed by atoms with Gasteiger partial charge in [-0.15, -0.1) is 0 Å². The summed E-state index contributed by atoms with van der Waals surface area (Å²) in [5.74, 6) is 1.58. The van der Waals surface area contributed by atoms with E-state index in [2.05, 4.69) is 6.92 Å². The highest BCUT2D eigenvalue weighted by Gasteiger charge is 2.16. The Labute approximate surface area is 101 Å². The van der Waals surface area contributed by atoms with Gasteiger partial charge >= 0.3 is 0 Å². The predicted molar refractivity (Wildman–Crippen MR) is 65.5 cm³/mol. The highest BCUT2D eigenvalue weighted by Crippen LogP contribution is 2.35. The first kappa shape index (κ1) is 11.8. The summed E-state index contributed by atoms with van der Waals surface area (Å²) in [6.45, 7) is 2.33. The molecule has 1 amide bonds. The van der Waals surface area contributed by atoms with Crippen LogP contribution in [0.5, 0.6) is 11.5 Å². The van der Waals surface area contributed by atoms with Gasteiger partial charge in [-0.2, -0.15) is 0 Å². The van der Waals surface area contributed by atoms with Crippen LogP contribution in [0, 0.1) is 0 Å². The maximum absolute atomic E-state index is 11.9. The second-order valence-electron chi connectivity index (χ2n) is 4.09. The van der Waals surface area contributed by atoms with E-state index in [1.54, 1.807) is 11.9 Å². The number of rotatable bonds is 4. The van der Waals surface area contributed by atoms with E-state index >= 15 is 0 Å². The van der Waals surface area contributed by atoms with E-state index in [4.69, 9.17) is 9.47 Å². The molecule has 4 heteroatoms. The lowest BCUT2D eigenvalue weighted by atomic mass is 10.2. The molecule has 0 saturated heterocycles. The van der Waals surface area contributed by atoms with Crippen LogP contribution >= 0.6 is 0 Å². The van der Waals surface area contributed by atoms with Crippen LogP contribution < -0.4 is 14.4 Å². The predicted octanol–water partition coefficient (Wildman–Crippen LogP) is 2.57. The van der Waals surface area contributed by atoms with E-state index in [-0.39, 0.29) is 12.7 Å². The summed E-state index contributed by atoms with van der Waals surface area (Å²) in [5.41, 5.74) is 0.843. The van der Waals surface area contributed by atoms with Crippen LogP contribution in [-0.2, 0) is 4.79 Å². The molecule has 0 fully saturated rings. The van der Waals surface area contributed by atoms with Gasteiger partial charge in [0.05, 0.1) is 0 Å². The Morgan fingerprint density at radius 1 is 1.35 bits per heavy atom. The van der Waals surface area contributed by atoms with Crippen molar-refractivity contribution in [2.75, 3.05) is 18.7 Å². The SMILES string of the molecule is CCCCC(=O)N(C)c1ccc2c(c1)OCO2. The van der Waals surface area contributed by atoms with E-state index < -0.39 is 0 Å². The molecule has 1 aliphatic rings. The van der Waals surface area contributed by atoms with Gasteiger partial charge in [-0.3, -0.25) is 4.79 Å². The maximum atomic E-state index is 11.9. The van der Waals surface area contributed by atoms with E-state index in [9.17, 15) is 4.79 Å². The zero-order chi connectivity index (χ0) is 12.3. The largest absolute Gasteiger partial charge is 0.454 e. The molecule has 4 nitrogen and oxygen atoms in total. The third kappa shape index (κ3) is 2.52. The second-order valence-corrected chi connectivity index (χ2v) is 4.09. The van der Waals surface area contributed by atoms with Crippen LogP contribution in [-0.4, -0.2) is 19.7 Å². The maximum Gasteiger partial charge on any atom is 0.231 e. The first-order valence-electron chi connectivity index (χ1n) is 5.88. The number of fused-ring (bicyclic) bond motifs is 1. The molecule has 0 radical (unpaired) electrons. The van der Waals surface area contributed by atoms with Gasteiger partial charge in [0.15, 0.2) is 11.5 Å². The third-order valence-electron chi connectivity index (χ3n) is 2.86. The lowest BCUT2D eigenvalue weighted by molar-refractivity contribution is -0.118. The van der Waals surface area contributed by atoms with Gasteiger partial charge in [0.25, 0.3) is 0 Å². The number of anilines is 1. The molecule has 0 unspecified atom stereocenters.